The van der Waals surface area contributed by atoms with Crippen LogP contribution in [0.2, 0.25) is 0 Å². The summed E-state index contributed by atoms with van der Waals surface area (Å²) in [5.74, 6) is 0.722. The topological polar surface area (TPSA) is 137 Å². The molecule has 0 unspecified atom stereocenters. The van der Waals surface area contributed by atoms with Crippen molar-refractivity contribution in [2.45, 2.75) is 19.5 Å². The first kappa shape index (κ1) is 21.5. The Morgan fingerprint density at radius 2 is 1.50 bits per heavy atom. The number of benzene rings is 2. The Morgan fingerprint density at radius 3 is 2.12 bits per heavy atom. The standard InChI is InChI=1S/C23H22N10O/c24-29-27-18-5-1-16(2-6-18)13-31-11-9-21-20(15-31)22(34)33(23-26-10-12-32(21)23)14-17-3-7-19(8-4-17)28-30-25/h1-8H,9-15H2. The van der Waals surface area contributed by atoms with Crippen LogP contribution in [0.3, 0.4) is 0 Å². The molecule has 5 rings (SSSR count). The van der Waals surface area contributed by atoms with Gasteiger partial charge >= 0.3 is 0 Å². The SMILES string of the molecule is [N-]=[N+]=Nc1ccc(CN2CCC3=C(C2)C(=O)N(Cc2ccc(N=[N+]=[N-])cc2)C2=NCCN23)cc1. The molecule has 0 N–H and O–H groups in total. The van der Waals surface area contributed by atoms with Crippen LogP contribution in [0, 0.1) is 0 Å². The van der Waals surface area contributed by atoms with E-state index in [4.69, 9.17) is 11.1 Å². The highest BCUT2D eigenvalue weighted by molar-refractivity contribution is 6.09. The second-order valence-corrected chi connectivity index (χ2v) is 8.32. The fourth-order valence-corrected chi connectivity index (χ4v) is 4.63. The fourth-order valence-electron chi connectivity index (χ4n) is 4.63. The van der Waals surface area contributed by atoms with Crippen LogP contribution in [0.15, 0.2) is 75.0 Å². The van der Waals surface area contributed by atoms with Gasteiger partial charge in [-0.2, -0.15) is 0 Å². The molecule has 11 heteroatoms. The van der Waals surface area contributed by atoms with Crippen molar-refractivity contribution in [3.63, 3.8) is 0 Å². The summed E-state index contributed by atoms with van der Waals surface area (Å²) in [6, 6.07) is 14.7. The number of carbonyl (C=O) groups excluding carboxylic acids is 1. The van der Waals surface area contributed by atoms with E-state index in [1.165, 1.54) is 0 Å². The first-order chi connectivity index (χ1) is 16.7. The molecule has 0 fully saturated rings. The highest BCUT2D eigenvalue weighted by Gasteiger charge is 2.40. The maximum absolute atomic E-state index is 13.6. The van der Waals surface area contributed by atoms with Crippen LogP contribution in [0.4, 0.5) is 11.4 Å². The molecule has 0 saturated carbocycles. The first-order valence-electron chi connectivity index (χ1n) is 11.0. The maximum atomic E-state index is 13.6. The smallest absolute Gasteiger partial charge is 0.259 e. The Kier molecular flexibility index (Phi) is 5.88. The van der Waals surface area contributed by atoms with E-state index in [0.717, 1.165) is 47.9 Å². The van der Waals surface area contributed by atoms with Gasteiger partial charge in [0.15, 0.2) is 0 Å². The van der Waals surface area contributed by atoms with Gasteiger partial charge in [-0.3, -0.25) is 19.6 Å². The average Bonchev–Trinajstić information content (AvgIpc) is 3.34. The van der Waals surface area contributed by atoms with Gasteiger partial charge in [-0.1, -0.05) is 58.8 Å². The molecule has 2 aromatic carbocycles. The van der Waals surface area contributed by atoms with Gasteiger partial charge in [0.25, 0.3) is 5.91 Å². The van der Waals surface area contributed by atoms with Crippen molar-refractivity contribution in [3.8, 4) is 0 Å². The second kappa shape index (κ2) is 9.29. The lowest BCUT2D eigenvalue weighted by molar-refractivity contribution is -0.125. The Labute approximate surface area is 195 Å². The summed E-state index contributed by atoms with van der Waals surface area (Å²) in [5.41, 5.74) is 22.3. The third kappa shape index (κ3) is 4.18. The molecular formula is C23H22N10O. The van der Waals surface area contributed by atoms with Crippen molar-refractivity contribution in [2.24, 2.45) is 15.2 Å². The molecule has 2 aromatic rings. The van der Waals surface area contributed by atoms with Crippen LogP contribution in [0.25, 0.3) is 20.9 Å². The third-order valence-corrected chi connectivity index (χ3v) is 6.22. The van der Waals surface area contributed by atoms with Crippen molar-refractivity contribution in [3.05, 3.63) is 91.8 Å². The van der Waals surface area contributed by atoms with Crippen LogP contribution < -0.4 is 0 Å². The van der Waals surface area contributed by atoms with Crippen LogP contribution in [0.1, 0.15) is 17.5 Å². The minimum atomic E-state index is -0.00516. The Hall–Kier alpha value is -4.30. The summed E-state index contributed by atoms with van der Waals surface area (Å²) < 4.78 is 0. The molecule has 0 saturated heterocycles. The minimum Gasteiger partial charge on any atom is -0.314 e. The van der Waals surface area contributed by atoms with Crippen molar-refractivity contribution in [1.82, 2.24) is 14.7 Å². The zero-order valence-electron chi connectivity index (χ0n) is 18.4. The van der Waals surface area contributed by atoms with Crippen LogP contribution in [0.5, 0.6) is 0 Å². The molecule has 170 valence electrons. The van der Waals surface area contributed by atoms with Crippen LogP contribution >= 0.6 is 0 Å². The van der Waals surface area contributed by atoms with Crippen molar-refractivity contribution in [2.75, 3.05) is 26.2 Å². The zero-order chi connectivity index (χ0) is 23.5. The molecule has 0 bridgehead atoms. The molecule has 0 aromatic heterocycles. The second-order valence-electron chi connectivity index (χ2n) is 8.32. The normalized spacial score (nSPS) is 17.5. The zero-order valence-corrected chi connectivity index (χ0v) is 18.4. The van der Waals surface area contributed by atoms with E-state index in [2.05, 4.69) is 34.8 Å². The summed E-state index contributed by atoms with van der Waals surface area (Å²) in [6.45, 7) is 4.00. The number of guanidine groups is 1. The predicted octanol–water partition coefficient (Wildman–Crippen LogP) is 4.74. The number of amides is 1. The molecule has 3 aliphatic heterocycles. The Bertz CT molecular complexity index is 1270. The summed E-state index contributed by atoms with van der Waals surface area (Å²) in [6.07, 6.45) is 0.797. The summed E-state index contributed by atoms with van der Waals surface area (Å²) >= 11 is 0. The Morgan fingerprint density at radius 1 is 0.882 bits per heavy atom. The number of nitrogens with zero attached hydrogens (tertiary/aromatic N) is 10. The lowest BCUT2D eigenvalue weighted by Gasteiger charge is -2.42. The largest absolute Gasteiger partial charge is 0.314 e. The quantitative estimate of drug-likeness (QED) is 0.354. The number of carbonyl (C=O) groups is 1. The van der Waals surface area contributed by atoms with Gasteiger partial charge in [0.1, 0.15) is 0 Å². The van der Waals surface area contributed by atoms with E-state index in [1.807, 2.05) is 24.3 Å². The van der Waals surface area contributed by atoms with Gasteiger partial charge in [-0.15, -0.1) is 0 Å². The van der Waals surface area contributed by atoms with Gasteiger partial charge < -0.3 is 4.90 Å². The van der Waals surface area contributed by atoms with Gasteiger partial charge in [0.2, 0.25) is 5.96 Å². The number of fused-ring (bicyclic) bond motifs is 2. The molecule has 0 radical (unpaired) electrons. The molecule has 0 spiro atoms. The summed E-state index contributed by atoms with van der Waals surface area (Å²) in [5, 5.41) is 7.22. The van der Waals surface area contributed by atoms with E-state index in [9.17, 15) is 4.79 Å². The molecule has 34 heavy (non-hydrogen) atoms. The fraction of sp³-hybridized carbons (Fsp3) is 0.304. The molecule has 3 aliphatic rings. The first-order valence-corrected chi connectivity index (χ1v) is 11.0. The lowest BCUT2D eigenvalue weighted by Crippen LogP contribution is -2.53. The predicted molar refractivity (Wildman–Crippen MR) is 127 cm³/mol. The summed E-state index contributed by atoms with van der Waals surface area (Å²) in [7, 11) is 0. The Balaban J connectivity index is 1.35. The molecule has 3 heterocycles. The highest BCUT2D eigenvalue weighted by Crippen LogP contribution is 2.32. The number of azide groups is 2. The third-order valence-electron chi connectivity index (χ3n) is 6.22. The monoisotopic (exact) mass is 454 g/mol. The molecule has 11 nitrogen and oxygen atoms in total. The van der Waals surface area contributed by atoms with Gasteiger partial charge in [0.05, 0.1) is 18.7 Å². The number of aliphatic imine (C=N–C) groups is 1. The highest BCUT2D eigenvalue weighted by atomic mass is 16.2. The van der Waals surface area contributed by atoms with Crippen LogP contribution in [-0.4, -0.2) is 52.7 Å². The van der Waals surface area contributed by atoms with E-state index >= 15 is 0 Å². The average molecular weight is 454 g/mol. The van der Waals surface area contributed by atoms with E-state index in [0.29, 0.717) is 37.6 Å². The van der Waals surface area contributed by atoms with E-state index in [1.54, 1.807) is 29.2 Å². The van der Waals surface area contributed by atoms with E-state index in [-0.39, 0.29) is 5.91 Å². The van der Waals surface area contributed by atoms with E-state index < -0.39 is 0 Å². The van der Waals surface area contributed by atoms with Crippen molar-refractivity contribution in [1.29, 1.82) is 0 Å². The van der Waals surface area contributed by atoms with Gasteiger partial charge in [-0.05, 0) is 22.2 Å². The van der Waals surface area contributed by atoms with Crippen molar-refractivity contribution >= 4 is 23.2 Å². The van der Waals surface area contributed by atoms with Gasteiger partial charge in [0, 0.05) is 59.5 Å². The molecule has 0 aliphatic carbocycles. The summed E-state index contributed by atoms with van der Waals surface area (Å²) in [4.78, 5) is 30.1. The number of hydrogen-bond acceptors (Lipinski definition) is 6. The molecule has 0 atom stereocenters. The molecule has 1 amide bonds. The minimum absolute atomic E-state index is 0.00516. The number of hydrogen-bond donors (Lipinski definition) is 0. The maximum Gasteiger partial charge on any atom is 0.259 e. The lowest BCUT2D eigenvalue weighted by atomic mass is 10.00. The number of rotatable bonds is 6. The molecular weight excluding hydrogens is 432 g/mol. The van der Waals surface area contributed by atoms with Crippen molar-refractivity contribution < 1.29 is 4.79 Å². The van der Waals surface area contributed by atoms with Crippen LogP contribution in [-0.2, 0) is 17.9 Å². The van der Waals surface area contributed by atoms with Gasteiger partial charge in [-0.25, -0.2) is 0 Å².